The molecule has 0 spiro atoms. The van der Waals surface area contributed by atoms with Gasteiger partial charge >= 0.3 is 11.9 Å². The number of hydrogen-bond donors (Lipinski definition) is 1. The molecule has 6 nitrogen and oxygen atoms in total. The fraction of sp³-hybridized carbons (Fsp3) is 0.846. The van der Waals surface area contributed by atoms with Crippen molar-refractivity contribution in [2.45, 2.75) is 31.7 Å². The van der Waals surface area contributed by atoms with Crippen LogP contribution >= 0.6 is 0 Å². The Morgan fingerprint density at radius 1 is 1.11 bits per heavy atom. The van der Waals surface area contributed by atoms with Gasteiger partial charge in [0, 0.05) is 6.04 Å². The average molecular weight is 272 g/mol. The van der Waals surface area contributed by atoms with Crippen molar-refractivity contribution in [3.05, 3.63) is 0 Å². The minimum atomic E-state index is -0.342. The molecule has 1 fully saturated rings. The Labute approximate surface area is 114 Å². The van der Waals surface area contributed by atoms with Crippen molar-refractivity contribution >= 4 is 11.9 Å². The van der Waals surface area contributed by atoms with Gasteiger partial charge in [0.05, 0.1) is 27.3 Å². The molecule has 1 saturated carbocycles. The van der Waals surface area contributed by atoms with Crippen LogP contribution in [-0.4, -0.2) is 56.7 Å². The average Bonchev–Trinajstić information content (AvgIpc) is 2.46. The summed E-state index contributed by atoms with van der Waals surface area (Å²) < 4.78 is 9.38. The maximum Gasteiger partial charge on any atom is 0.319 e. The summed E-state index contributed by atoms with van der Waals surface area (Å²) in [6.45, 7) is 0.781. The van der Waals surface area contributed by atoms with Gasteiger partial charge in [-0.3, -0.25) is 14.5 Å². The Morgan fingerprint density at radius 2 is 1.63 bits per heavy atom. The van der Waals surface area contributed by atoms with Gasteiger partial charge in [-0.05, 0) is 25.3 Å². The van der Waals surface area contributed by atoms with Gasteiger partial charge in [0.2, 0.25) is 0 Å². The number of carbonyl (C=O) groups is 2. The quantitative estimate of drug-likeness (QED) is 0.693. The van der Waals surface area contributed by atoms with Crippen LogP contribution in [-0.2, 0) is 19.1 Å². The molecule has 2 N–H and O–H groups in total. The van der Waals surface area contributed by atoms with Crippen LogP contribution in [0.5, 0.6) is 0 Å². The molecule has 0 heterocycles. The summed E-state index contributed by atoms with van der Waals surface area (Å²) in [7, 11) is 2.69. The molecular weight excluding hydrogens is 248 g/mol. The molecule has 0 bridgehead atoms. The molecule has 0 saturated heterocycles. The molecule has 2 unspecified atom stereocenters. The van der Waals surface area contributed by atoms with E-state index in [1.807, 2.05) is 4.90 Å². The molecule has 19 heavy (non-hydrogen) atoms. The zero-order chi connectivity index (χ0) is 14.3. The lowest BCUT2D eigenvalue weighted by molar-refractivity contribution is -0.147. The predicted molar refractivity (Wildman–Crippen MR) is 70.4 cm³/mol. The fourth-order valence-electron chi connectivity index (χ4n) is 2.69. The molecule has 0 aromatic heterocycles. The van der Waals surface area contributed by atoms with Crippen molar-refractivity contribution in [2.24, 2.45) is 11.7 Å². The molecule has 1 aliphatic rings. The predicted octanol–water partition coefficient (Wildman–Crippen LogP) is 0.152. The van der Waals surface area contributed by atoms with Crippen LogP contribution in [0.3, 0.4) is 0 Å². The molecule has 1 rings (SSSR count). The molecule has 2 atom stereocenters. The molecule has 0 amide bonds. The molecule has 110 valence electrons. The first kappa shape index (κ1) is 15.9. The van der Waals surface area contributed by atoms with Gasteiger partial charge < -0.3 is 15.2 Å². The Kier molecular flexibility index (Phi) is 6.80. The van der Waals surface area contributed by atoms with E-state index in [0.717, 1.165) is 25.7 Å². The SMILES string of the molecule is COC(=O)CN(CC(=O)OC)C1CCCCC1CN. The van der Waals surface area contributed by atoms with Gasteiger partial charge in [0.25, 0.3) is 0 Å². The summed E-state index contributed by atoms with van der Waals surface area (Å²) in [5.74, 6) is -0.362. The van der Waals surface area contributed by atoms with E-state index < -0.39 is 0 Å². The van der Waals surface area contributed by atoms with Crippen molar-refractivity contribution in [1.82, 2.24) is 4.90 Å². The van der Waals surface area contributed by atoms with Crippen LogP contribution in [0.15, 0.2) is 0 Å². The highest BCUT2D eigenvalue weighted by molar-refractivity contribution is 5.74. The van der Waals surface area contributed by atoms with Crippen molar-refractivity contribution in [2.75, 3.05) is 33.9 Å². The molecule has 1 aliphatic carbocycles. The van der Waals surface area contributed by atoms with Crippen LogP contribution in [0.1, 0.15) is 25.7 Å². The van der Waals surface area contributed by atoms with Crippen LogP contribution in [0.2, 0.25) is 0 Å². The summed E-state index contributed by atoms with van der Waals surface area (Å²) in [6.07, 6.45) is 4.25. The van der Waals surface area contributed by atoms with E-state index in [2.05, 4.69) is 0 Å². The smallest absolute Gasteiger partial charge is 0.319 e. The van der Waals surface area contributed by atoms with E-state index >= 15 is 0 Å². The molecule has 0 aliphatic heterocycles. The van der Waals surface area contributed by atoms with Gasteiger partial charge in [0.1, 0.15) is 0 Å². The minimum absolute atomic E-state index is 0.104. The Balaban J connectivity index is 2.74. The first-order chi connectivity index (χ1) is 9.12. The minimum Gasteiger partial charge on any atom is -0.468 e. The number of esters is 2. The number of ether oxygens (including phenoxy) is 2. The Bertz CT molecular complexity index is 291. The summed E-state index contributed by atoms with van der Waals surface area (Å²) >= 11 is 0. The second-order valence-electron chi connectivity index (χ2n) is 4.90. The Hall–Kier alpha value is -1.14. The van der Waals surface area contributed by atoms with Gasteiger partial charge in [-0.15, -0.1) is 0 Å². The summed E-state index contributed by atoms with van der Waals surface area (Å²) in [4.78, 5) is 24.8. The molecule has 0 aromatic rings. The van der Waals surface area contributed by atoms with E-state index in [1.54, 1.807) is 0 Å². The third-order valence-electron chi connectivity index (χ3n) is 3.76. The molecule has 6 heteroatoms. The molecule has 0 radical (unpaired) electrons. The van der Waals surface area contributed by atoms with Gasteiger partial charge in [-0.25, -0.2) is 0 Å². The van der Waals surface area contributed by atoms with E-state index in [4.69, 9.17) is 15.2 Å². The normalized spacial score (nSPS) is 23.2. The standard InChI is InChI=1S/C13H24N2O4/c1-18-12(16)8-15(9-13(17)19-2)11-6-4-3-5-10(11)7-14/h10-11H,3-9,14H2,1-2H3. The largest absolute Gasteiger partial charge is 0.468 e. The van der Waals surface area contributed by atoms with E-state index in [1.165, 1.54) is 14.2 Å². The fourth-order valence-corrected chi connectivity index (χ4v) is 2.69. The van der Waals surface area contributed by atoms with Crippen molar-refractivity contribution in [1.29, 1.82) is 0 Å². The van der Waals surface area contributed by atoms with Gasteiger partial charge in [-0.1, -0.05) is 12.8 Å². The summed E-state index contributed by atoms with van der Waals surface area (Å²) in [6, 6.07) is 0.150. The van der Waals surface area contributed by atoms with E-state index in [-0.39, 0.29) is 31.1 Å². The lowest BCUT2D eigenvalue weighted by atomic mass is 9.83. The van der Waals surface area contributed by atoms with E-state index in [9.17, 15) is 9.59 Å². The van der Waals surface area contributed by atoms with Crippen LogP contribution in [0.25, 0.3) is 0 Å². The lowest BCUT2D eigenvalue weighted by Gasteiger charge is -2.38. The zero-order valence-corrected chi connectivity index (χ0v) is 11.8. The van der Waals surface area contributed by atoms with Crippen molar-refractivity contribution in [3.8, 4) is 0 Å². The molecule has 0 aromatic carbocycles. The maximum atomic E-state index is 11.5. The highest BCUT2D eigenvalue weighted by Gasteiger charge is 2.31. The first-order valence-electron chi connectivity index (χ1n) is 6.70. The number of nitrogens with two attached hydrogens (primary N) is 1. The van der Waals surface area contributed by atoms with Crippen molar-refractivity contribution < 1.29 is 19.1 Å². The summed E-state index contributed by atoms with van der Waals surface area (Å²) in [5.41, 5.74) is 5.80. The highest BCUT2D eigenvalue weighted by Crippen LogP contribution is 2.27. The number of rotatable bonds is 6. The summed E-state index contributed by atoms with van der Waals surface area (Å²) in [5, 5.41) is 0. The van der Waals surface area contributed by atoms with Crippen LogP contribution in [0.4, 0.5) is 0 Å². The monoisotopic (exact) mass is 272 g/mol. The second-order valence-corrected chi connectivity index (χ2v) is 4.90. The first-order valence-corrected chi connectivity index (χ1v) is 6.70. The topological polar surface area (TPSA) is 81.9 Å². The van der Waals surface area contributed by atoms with Gasteiger partial charge in [-0.2, -0.15) is 0 Å². The number of methoxy groups -OCH3 is 2. The van der Waals surface area contributed by atoms with Gasteiger partial charge in [0.15, 0.2) is 0 Å². The number of carbonyl (C=O) groups excluding carboxylic acids is 2. The lowest BCUT2D eigenvalue weighted by Crippen LogP contribution is -2.49. The third-order valence-corrected chi connectivity index (χ3v) is 3.76. The zero-order valence-electron chi connectivity index (χ0n) is 11.8. The number of nitrogens with zero attached hydrogens (tertiary/aromatic N) is 1. The maximum absolute atomic E-state index is 11.5. The Morgan fingerprint density at radius 3 is 2.11 bits per heavy atom. The second kappa shape index (κ2) is 8.12. The van der Waals surface area contributed by atoms with E-state index in [0.29, 0.717) is 12.5 Å². The highest BCUT2D eigenvalue weighted by atomic mass is 16.5. The number of hydrogen-bond acceptors (Lipinski definition) is 6. The van der Waals surface area contributed by atoms with Crippen LogP contribution in [0, 0.1) is 5.92 Å². The van der Waals surface area contributed by atoms with Crippen molar-refractivity contribution in [3.63, 3.8) is 0 Å². The van der Waals surface area contributed by atoms with Crippen LogP contribution < -0.4 is 5.73 Å². The third kappa shape index (κ3) is 4.80. The molecular formula is C13H24N2O4.